The Hall–Kier alpha value is -2.82. The summed E-state index contributed by atoms with van der Waals surface area (Å²) in [5.41, 5.74) is 7.10. The van der Waals surface area contributed by atoms with E-state index in [1.165, 1.54) is 22.7 Å². The van der Waals surface area contributed by atoms with E-state index < -0.39 is 0 Å². The molecule has 0 fully saturated rings. The van der Waals surface area contributed by atoms with E-state index in [1.54, 1.807) is 18.5 Å². The van der Waals surface area contributed by atoms with E-state index in [0.29, 0.717) is 4.88 Å². The normalized spacial score (nSPS) is 9.52. The molecule has 140 valence electrons. The van der Waals surface area contributed by atoms with E-state index >= 15 is 0 Å². The molecule has 4 rings (SSSR count). The van der Waals surface area contributed by atoms with Gasteiger partial charge in [0.1, 0.15) is 10.9 Å². The molecule has 0 bridgehead atoms. The molecule has 0 saturated heterocycles. The second-order valence-corrected chi connectivity index (χ2v) is 7.48. The van der Waals surface area contributed by atoms with Crippen LogP contribution in [0.5, 0.6) is 0 Å². The number of carbonyl (C=O) groups excluding carboxylic acids is 1. The van der Waals surface area contributed by atoms with Crippen molar-refractivity contribution in [2.75, 3.05) is 0 Å². The van der Waals surface area contributed by atoms with E-state index in [4.69, 9.17) is 11.0 Å². The maximum absolute atomic E-state index is 10.9. The van der Waals surface area contributed by atoms with Crippen LogP contribution in [0.1, 0.15) is 40.8 Å². The average Bonchev–Trinajstić information content (AvgIpc) is 3.20. The van der Waals surface area contributed by atoms with Crippen LogP contribution in [-0.2, 0) is 0 Å². The first-order valence-corrected chi connectivity index (χ1v) is 9.03. The lowest BCUT2D eigenvalue weighted by atomic mass is 10.2. The van der Waals surface area contributed by atoms with Crippen molar-refractivity contribution >= 4 is 48.8 Å². The maximum atomic E-state index is 10.9. The number of carbonyl (C=O) groups is 1. The highest BCUT2D eigenvalue weighted by Crippen LogP contribution is 2.27. The number of aromatic nitrogens is 2. The molecular weight excluding hydrogens is 376 g/mol. The smallest absolute Gasteiger partial charge is 0.258 e. The molecule has 0 unspecified atom stereocenters. The standard InChI is InChI=1S/C9H8N2OS.C9H6N2S.2CH4/c1-5-6-4-8(9(10)12)13-7(6)2-3-11-5;1-6-8-4-7(5-10)12-9(8)2-3-11-6;;/h2-4H,1H3,(H2,10,12);2-4H,1H3;2*1H4. The van der Waals surface area contributed by atoms with E-state index in [9.17, 15) is 4.79 Å². The summed E-state index contributed by atoms with van der Waals surface area (Å²) in [4.78, 5) is 20.5. The summed E-state index contributed by atoms with van der Waals surface area (Å²) < 4.78 is 2.19. The lowest BCUT2D eigenvalue weighted by molar-refractivity contribution is 0.100. The Morgan fingerprint density at radius 3 is 1.96 bits per heavy atom. The fraction of sp³-hybridized carbons (Fsp3) is 0.200. The predicted molar refractivity (Wildman–Crippen MR) is 115 cm³/mol. The van der Waals surface area contributed by atoms with Crippen LogP contribution in [0.4, 0.5) is 0 Å². The minimum absolute atomic E-state index is 0. The third kappa shape index (κ3) is 4.67. The summed E-state index contributed by atoms with van der Waals surface area (Å²) in [5.74, 6) is -0.374. The SMILES string of the molecule is C.C.Cc1nccc2sc(C#N)cc12.Cc1nccc2sc(C(N)=O)cc12. The van der Waals surface area contributed by atoms with Gasteiger partial charge in [-0.3, -0.25) is 14.8 Å². The van der Waals surface area contributed by atoms with Gasteiger partial charge in [0, 0.05) is 44.0 Å². The quantitative estimate of drug-likeness (QED) is 0.461. The molecule has 1 amide bonds. The van der Waals surface area contributed by atoms with Crippen LogP contribution in [0.25, 0.3) is 20.2 Å². The minimum atomic E-state index is -0.374. The van der Waals surface area contributed by atoms with Crippen LogP contribution in [-0.4, -0.2) is 15.9 Å². The summed E-state index contributed by atoms with van der Waals surface area (Å²) in [6.45, 7) is 3.87. The van der Waals surface area contributed by atoms with Gasteiger partial charge in [0.25, 0.3) is 5.91 Å². The first-order valence-electron chi connectivity index (χ1n) is 7.40. The Bertz CT molecular complexity index is 1120. The Morgan fingerprint density at radius 1 is 1.00 bits per heavy atom. The van der Waals surface area contributed by atoms with Crippen LogP contribution in [0.15, 0.2) is 36.7 Å². The van der Waals surface area contributed by atoms with Crippen LogP contribution in [0.2, 0.25) is 0 Å². The first-order chi connectivity index (χ1) is 12.0. The lowest BCUT2D eigenvalue weighted by Crippen LogP contribution is -2.08. The zero-order valence-electron chi connectivity index (χ0n) is 13.6. The van der Waals surface area contributed by atoms with E-state index in [0.717, 1.165) is 36.4 Å². The molecule has 0 aliphatic heterocycles. The van der Waals surface area contributed by atoms with Crippen LogP contribution >= 0.6 is 22.7 Å². The predicted octanol–water partition coefficient (Wildman–Crippen LogP) is 5.45. The molecule has 0 aliphatic carbocycles. The number of nitrogens with two attached hydrogens (primary N) is 1. The molecular formula is C20H22N4OS2. The summed E-state index contributed by atoms with van der Waals surface area (Å²) in [7, 11) is 0. The number of pyridine rings is 2. The average molecular weight is 399 g/mol. The third-order valence-corrected chi connectivity index (χ3v) is 5.76. The summed E-state index contributed by atoms with van der Waals surface area (Å²) in [6, 6.07) is 9.65. The molecule has 4 aromatic heterocycles. The van der Waals surface area contributed by atoms with Crippen LogP contribution in [0, 0.1) is 25.2 Å². The van der Waals surface area contributed by atoms with Gasteiger partial charge in [-0.05, 0) is 38.1 Å². The molecule has 4 aromatic rings. The van der Waals surface area contributed by atoms with Crippen molar-refractivity contribution in [2.24, 2.45) is 5.73 Å². The summed E-state index contributed by atoms with van der Waals surface area (Å²) in [5, 5.41) is 10.8. The van der Waals surface area contributed by atoms with Crippen molar-refractivity contribution in [3.63, 3.8) is 0 Å². The summed E-state index contributed by atoms with van der Waals surface area (Å²) in [6.07, 6.45) is 3.51. The van der Waals surface area contributed by atoms with E-state index in [1.807, 2.05) is 32.0 Å². The van der Waals surface area contributed by atoms with E-state index in [2.05, 4.69) is 16.0 Å². The van der Waals surface area contributed by atoms with Gasteiger partial charge in [0.05, 0.1) is 4.88 Å². The molecule has 0 spiro atoms. The van der Waals surface area contributed by atoms with Crippen molar-refractivity contribution in [1.29, 1.82) is 5.26 Å². The Labute approximate surface area is 167 Å². The number of nitrogens with zero attached hydrogens (tertiary/aromatic N) is 3. The molecule has 0 aliphatic rings. The number of nitriles is 1. The second-order valence-electron chi connectivity index (χ2n) is 5.31. The second kappa shape index (κ2) is 9.21. The number of fused-ring (bicyclic) bond motifs is 2. The fourth-order valence-corrected chi connectivity index (χ4v) is 4.24. The maximum Gasteiger partial charge on any atom is 0.258 e. The van der Waals surface area contributed by atoms with Crippen molar-refractivity contribution in [2.45, 2.75) is 28.7 Å². The number of amides is 1. The van der Waals surface area contributed by atoms with Crippen molar-refractivity contribution < 1.29 is 4.79 Å². The van der Waals surface area contributed by atoms with Gasteiger partial charge < -0.3 is 5.73 Å². The van der Waals surface area contributed by atoms with Crippen LogP contribution in [0.3, 0.4) is 0 Å². The molecule has 0 radical (unpaired) electrons. The fourth-order valence-electron chi connectivity index (χ4n) is 2.37. The summed E-state index contributed by atoms with van der Waals surface area (Å²) >= 11 is 2.92. The molecule has 27 heavy (non-hydrogen) atoms. The van der Waals surface area contributed by atoms with Gasteiger partial charge in [0.2, 0.25) is 0 Å². The first kappa shape index (κ1) is 22.2. The molecule has 0 aromatic carbocycles. The van der Waals surface area contributed by atoms with Crippen molar-refractivity contribution in [1.82, 2.24) is 9.97 Å². The van der Waals surface area contributed by atoms with Gasteiger partial charge in [-0.2, -0.15) is 5.26 Å². The van der Waals surface area contributed by atoms with Crippen LogP contribution < -0.4 is 5.73 Å². The van der Waals surface area contributed by atoms with Crippen molar-refractivity contribution in [3.05, 3.63) is 57.8 Å². The lowest BCUT2D eigenvalue weighted by Gasteiger charge is -1.90. The highest BCUT2D eigenvalue weighted by atomic mass is 32.1. The Morgan fingerprint density at radius 2 is 1.52 bits per heavy atom. The number of hydrogen-bond donors (Lipinski definition) is 1. The number of thiophene rings is 2. The van der Waals surface area contributed by atoms with Crippen molar-refractivity contribution in [3.8, 4) is 6.07 Å². The van der Waals surface area contributed by atoms with E-state index in [-0.39, 0.29) is 20.8 Å². The highest BCUT2D eigenvalue weighted by Gasteiger charge is 2.07. The monoisotopic (exact) mass is 398 g/mol. The molecule has 0 atom stereocenters. The molecule has 0 saturated carbocycles. The van der Waals surface area contributed by atoms with Gasteiger partial charge in [-0.1, -0.05) is 14.9 Å². The van der Waals surface area contributed by atoms with Gasteiger partial charge in [-0.25, -0.2) is 0 Å². The number of hydrogen-bond acceptors (Lipinski definition) is 6. The molecule has 7 heteroatoms. The Kier molecular flexibility index (Phi) is 7.58. The third-order valence-electron chi connectivity index (χ3n) is 3.64. The molecule has 5 nitrogen and oxygen atoms in total. The highest BCUT2D eigenvalue weighted by molar-refractivity contribution is 7.20. The zero-order valence-corrected chi connectivity index (χ0v) is 15.2. The molecule has 4 heterocycles. The van der Waals surface area contributed by atoms with Gasteiger partial charge in [0.15, 0.2) is 0 Å². The number of rotatable bonds is 1. The molecule has 2 N–H and O–H groups in total. The number of aryl methyl sites for hydroxylation is 2. The topological polar surface area (TPSA) is 92.7 Å². The largest absolute Gasteiger partial charge is 0.365 e. The van der Waals surface area contributed by atoms with Gasteiger partial charge >= 0.3 is 0 Å². The van der Waals surface area contributed by atoms with Gasteiger partial charge in [-0.15, -0.1) is 22.7 Å². The number of primary amides is 1. The zero-order chi connectivity index (χ0) is 18.0. The Balaban J connectivity index is 0.000000252. The minimum Gasteiger partial charge on any atom is -0.365 e.